The number of methoxy groups -OCH3 is 7. The monoisotopic (exact) mass is 595 g/mol. The Labute approximate surface area is 242 Å². The lowest BCUT2D eigenvalue weighted by Crippen LogP contribution is -2.15. The zero-order valence-corrected chi connectivity index (χ0v) is 25.4. The highest BCUT2D eigenvalue weighted by atomic mass is 32.2. The molecule has 3 rings (SSSR count). The maximum Gasteiger partial charge on any atom is 0.262 e. The highest BCUT2D eigenvalue weighted by molar-refractivity contribution is 7.92. The number of ether oxygens (including phenoxy) is 7. The molecule has 0 unspecified atom stereocenters. The van der Waals surface area contributed by atoms with E-state index < -0.39 is 15.8 Å². The van der Waals surface area contributed by atoms with Crippen LogP contribution in [-0.2, 0) is 10.0 Å². The van der Waals surface area contributed by atoms with Crippen LogP contribution >= 0.6 is 0 Å². The smallest absolute Gasteiger partial charge is 0.262 e. The summed E-state index contributed by atoms with van der Waals surface area (Å²) in [6.07, 6.45) is 3.27. The molecule has 12 heteroatoms. The van der Waals surface area contributed by atoms with Crippen LogP contribution in [0.2, 0.25) is 0 Å². The minimum atomic E-state index is -4.29. The number of hydrogen-bond donors (Lipinski definition) is 1. The molecule has 0 aliphatic heterocycles. The third-order valence-electron chi connectivity index (χ3n) is 5.67. The van der Waals surface area contributed by atoms with Gasteiger partial charge in [-0.25, -0.2) is 12.8 Å². The molecule has 0 heterocycles. The van der Waals surface area contributed by atoms with Crippen molar-refractivity contribution in [1.82, 2.24) is 0 Å². The average Bonchev–Trinajstić information content (AvgIpc) is 3.00. The van der Waals surface area contributed by atoms with Crippen LogP contribution in [0.5, 0.6) is 40.2 Å². The second kappa shape index (κ2) is 14.9. The Balaban J connectivity index is 0.00000288. The van der Waals surface area contributed by atoms with E-state index in [-0.39, 0.29) is 35.0 Å². The summed E-state index contributed by atoms with van der Waals surface area (Å²) in [4.78, 5) is -0.206. The van der Waals surface area contributed by atoms with Gasteiger partial charge >= 0.3 is 0 Å². The quantitative estimate of drug-likeness (QED) is 0.247. The number of hydrogen-bond acceptors (Lipinski definition) is 9. The van der Waals surface area contributed by atoms with Crippen LogP contribution < -0.4 is 37.9 Å². The highest BCUT2D eigenvalue weighted by Crippen LogP contribution is 2.42. The lowest BCUT2D eigenvalue weighted by atomic mass is 10.1. The molecule has 3 aromatic rings. The lowest BCUT2D eigenvalue weighted by Gasteiger charge is -2.17. The van der Waals surface area contributed by atoms with Gasteiger partial charge in [0, 0.05) is 19.1 Å². The first-order chi connectivity index (χ1) is 19.7. The van der Waals surface area contributed by atoms with Crippen molar-refractivity contribution in [3.05, 3.63) is 53.3 Å². The van der Waals surface area contributed by atoms with Crippen LogP contribution in [0, 0.1) is 5.82 Å². The second-order valence-electron chi connectivity index (χ2n) is 7.80. The summed E-state index contributed by atoms with van der Waals surface area (Å²) in [5.41, 5.74) is 0.846. The summed E-state index contributed by atoms with van der Waals surface area (Å²) < 4.78 is 81.2. The summed E-state index contributed by atoms with van der Waals surface area (Å²) in [7, 11) is 5.55. The van der Waals surface area contributed by atoms with E-state index in [4.69, 9.17) is 33.2 Å². The molecule has 3 aromatic carbocycles. The molecule has 0 atom stereocenters. The van der Waals surface area contributed by atoms with E-state index >= 15 is 0 Å². The van der Waals surface area contributed by atoms with Crippen molar-refractivity contribution < 1.29 is 47.4 Å². The van der Waals surface area contributed by atoms with Crippen molar-refractivity contribution in [3.8, 4) is 40.2 Å². The van der Waals surface area contributed by atoms with Crippen LogP contribution in [0.25, 0.3) is 12.2 Å². The lowest BCUT2D eigenvalue weighted by molar-refractivity contribution is 0.323. The molecule has 41 heavy (non-hydrogen) atoms. The fourth-order valence-corrected chi connectivity index (χ4v) is 4.93. The SMILES string of the molecule is CC.COc1cc(/C=C\c2ccc(F)c(OC)c2NS(=O)(=O)c2cc(OC)c(OC)c(OC)c2)cc(OC)c1OC.[HH]. The van der Waals surface area contributed by atoms with Gasteiger partial charge in [0.2, 0.25) is 11.5 Å². The summed E-state index contributed by atoms with van der Waals surface area (Å²) in [6, 6.07) is 8.53. The zero-order valence-electron chi connectivity index (χ0n) is 24.6. The second-order valence-corrected chi connectivity index (χ2v) is 9.49. The molecule has 0 aliphatic rings. The van der Waals surface area contributed by atoms with Gasteiger partial charge in [0.15, 0.2) is 34.6 Å². The van der Waals surface area contributed by atoms with Crippen molar-refractivity contribution in [2.75, 3.05) is 54.5 Å². The molecule has 0 fully saturated rings. The Hall–Kier alpha value is -4.32. The number of anilines is 1. The van der Waals surface area contributed by atoms with Crippen LogP contribution in [0.1, 0.15) is 26.4 Å². The van der Waals surface area contributed by atoms with Gasteiger partial charge in [-0.05, 0) is 29.8 Å². The third-order valence-corrected chi connectivity index (χ3v) is 7.00. The Kier molecular flexibility index (Phi) is 11.9. The average molecular weight is 596 g/mol. The Morgan fingerprint density at radius 3 is 1.51 bits per heavy atom. The molecule has 0 aliphatic carbocycles. The van der Waals surface area contributed by atoms with Crippen LogP contribution in [0.3, 0.4) is 0 Å². The summed E-state index contributed by atoms with van der Waals surface area (Å²) in [5, 5.41) is 0. The Morgan fingerprint density at radius 1 is 0.659 bits per heavy atom. The molecule has 0 saturated heterocycles. The predicted molar refractivity (Wildman–Crippen MR) is 158 cm³/mol. The summed E-state index contributed by atoms with van der Waals surface area (Å²) in [5.74, 6) is 0.698. The van der Waals surface area contributed by atoms with E-state index in [1.807, 2.05) is 13.8 Å². The summed E-state index contributed by atoms with van der Waals surface area (Å²) in [6.45, 7) is 4.00. The molecule has 1 N–H and O–H groups in total. The van der Waals surface area contributed by atoms with Gasteiger partial charge in [-0.1, -0.05) is 26.0 Å². The topological polar surface area (TPSA) is 111 Å². The van der Waals surface area contributed by atoms with Gasteiger partial charge in [-0.15, -0.1) is 0 Å². The van der Waals surface area contributed by atoms with Crippen molar-refractivity contribution in [1.29, 1.82) is 0 Å². The van der Waals surface area contributed by atoms with Crippen molar-refractivity contribution in [3.63, 3.8) is 0 Å². The fourth-order valence-electron chi connectivity index (χ4n) is 3.81. The van der Waals surface area contributed by atoms with Gasteiger partial charge < -0.3 is 33.2 Å². The van der Waals surface area contributed by atoms with E-state index in [1.54, 1.807) is 24.3 Å². The summed E-state index contributed by atoms with van der Waals surface area (Å²) >= 11 is 0. The third kappa shape index (κ3) is 7.26. The van der Waals surface area contributed by atoms with E-state index in [9.17, 15) is 12.8 Å². The first-order valence-electron chi connectivity index (χ1n) is 12.3. The minimum Gasteiger partial charge on any atom is -0.493 e. The van der Waals surface area contributed by atoms with Crippen LogP contribution in [0.15, 0.2) is 41.3 Å². The number of sulfonamides is 1. The predicted octanol–water partition coefficient (Wildman–Crippen LogP) is 6.13. The van der Waals surface area contributed by atoms with Gasteiger partial charge in [-0.2, -0.15) is 0 Å². The molecule has 226 valence electrons. The molecule has 0 bridgehead atoms. The molecular formula is C29H38FNO9S. The number of rotatable bonds is 12. The number of benzene rings is 3. The van der Waals surface area contributed by atoms with Crippen molar-refractivity contribution >= 4 is 27.9 Å². The standard InChI is InChI=1S/C27H30FNO9S.C2H6.H2/c1-32-20-12-16(13-21(33-2)26(20)37-6)8-9-17-10-11-19(28)25(36-5)24(17)29-39(30,31)18-14-22(34-3)27(38-7)23(15-18)35-4;1-2;/h8-15,29H,1-7H3;1-2H3;1H/b9-8-;;. The highest BCUT2D eigenvalue weighted by Gasteiger charge is 2.25. The van der Waals surface area contributed by atoms with Crippen LogP contribution in [0.4, 0.5) is 10.1 Å². The van der Waals surface area contributed by atoms with Crippen molar-refractivity contribution in [2.45, 2.75) is 18.7 Å². The molecule has 0 radical (unpaired) electrons. The number of nitrogens with one attached hydrogen (secondary N) is 1. The normalized spacial score (nSPS) is 10.8. The Morgan fingerprint density at radius 2 is 1.10 bits per heavy atom. The van der Waals surface area contributed by atoms with Gasteiger partial charge in [0.05, 0.1) is 54.7 Å². The van der Waals surface area contributed by atoms with Gasteiger partial charge in [-0.3, -0.25) is 4.72 Å². The van der Waals surface area contributed by atoms with Crippen molar-refractivity contribution in [2.24, 2.45) is 0 Å². The molecule has 0 amide bonds. The maximum atomic E-state index is 14.7. The largest absolute Gasteiger partial charge is 0.493 e. The molecule has 0 saturated carbocycles. The first kappa shape index (κ1) is 32.9. The van der Waals surface area contributed by atoms with Gasteiger partial charge in [0.1, 0.15) is 5.69 Å². The van der Waals surface area contributed by atoms with E-state index in [2.05, 4.69) is 4.72 Å². The maximum absolute atomic E-state index is 14.7. The molecule has 10 nitrogen and oxygen atoms in total. The van der Waals surface area contributed by atoms with E-state index in [1.165, 1.54) is 74.0 Å². The molecular weight excluding hydrogens is 557 g/mol. The zero-order chi connectivity index (χ0) is 30.7. The molecule has 0 aromatic heterocycles. The number of halogens is 1. The van der Waals surface area contributed by atoms with Crippen LogP contribution in [-0.4, -0.2) is 58.2 Å². The first-order valence-corrected chi connectivity index (χ1v) is 13.8. The van der Waals surface area contributed by atoms with E-state index in [0.29, 0.717) is 28.4 Å². The Bertz CT molecular complexity index is 1430. The van der Waals surface area contributed by atoms with Gasteiger partial charge in [0.25, 0.3) is 10.0 Å². The minimum absolute atomic E-state index is 0. The fraction of sp³-hybridized carbons (Fsp3) is 0.310. The van der Waals surface area contributed by atoms with E-state index in [0.717, 1.165) is 0 Å². The molecule has 0 spiro atoms.